The molecule has 1 aliphatic heterocycles. The number of carbonyl (C=O) groups excluding carboxylic acids is 2. The van der Waals surface area contributed by atoms with Gasteiger partial charge in [-0.05, 0) is 44.4 Å². The minimum absolute atomic E-state index is 0. The largest absolute Gasteiger partial charge is 0.497 e. The molecule has 2 aromatic carbocycles. The summed E-state index contributed by atoms with van der Waals surface area (Å²) in [5.41, 5.74) is 0.853. The number of thioether (sulfide) groups is 1. The van der Waals surface area contributed by atoms with Gasteiger partial charge in [0.2, 0.25) is 11.8 Å². The van der Waals surface area contributed by atoms with E-state index in [1.165, 1.54) is 30.0 Å². The lowest BCUT2D eigenvalue weighted by Crippen LogP contribution is -2.38. The Morgan fingerprint density at radius 3 is 2.59 bits per heavy atom. The van der Waals surface area contributed by atoms with Crippen LogP contribution in [0.1, 0.15) is 6.42 Å². The maximum absolute atomic E-state index is 13.1. The number of ether oxygens (including phenoxy) is 1. The van der Waals surface area contributed by atoms with Gasteiger partial charge in [0.25, 0.3) is 5.69 Å². The highest BCUT2D eigenvalue weighted by atomic mass is 35.5. The maximum Gasteiger partial charge on any atom is 0.271 e. The summed E-state index contributed by atoms with van der Waals surface area (Å²) in [6, 6.07) is 12.8. The normalized spacial score (nSPS) is 16.5. The summed E-state index contributed by atoms with van der Waals surface area (Å²) in [5, 5.41) is 13.5. The Morgan fingerprint density at radius 2 is 1.97 bits per heavy atom. The summed E-state index contributed by atoms with van der Waals surface area (Å²) in [5.74, 6) is 0.108. The number of halogens is 1. The fraction of sp³-hybridized carbons (Fsp3) is 0.318. The van der Waals surface area contributed by atoms with E-state index < -0.39 is 16.1 Å². The van der Waals surface area contributed by atoms with E-state index in [2.05, 4.69) is 10.3 Å². The molecule has 0 bridgehead atoms. The topological polar surface area (TPSA) is 117 Å². The summed E-state index contributed by atoms with van der Waals surface area (Å²) in [6.45, 7) is 1.08. The van der Waals surface area contributed by atoms with E-state index in [-0.39, 0.29) is 30.4 Å². The van der Waals surface area contributed by atoms with Crippen LogP contribution in [-0.4, -0.2) is 71.2 Å². The van der Waals surface area contributed by atoms with Crippen LogP contribution in [0.4, 0.5) is 17.1 Å². The zero-order valence-electron chi connectivity index (χ0n) is 19.0. The molecule has 1 aliphatic rings. The molecule has 1 atom stereocenters. The van der Waals surface area contributed by atoms with Gasteiger partial charge in [-0.15, -0.1) is 12.4 Å². The summed E-state index contributed by atoms with van der Waals surface area (Å²) in [4.78, 5) is 44.2. The Labute approximate surface area is 207 Å². The fourth-order valence-electron chi connectivity index (χ4n) is 3.08. The molecule has 34 heavy (non-hydrogen) atoms. The predicted molar refractivity (Wildman–Crippen MR) is 135 cm³/mol. The lowest BCUT2D eigenvalue weighted by Gasteiger charge is -2.19. The number of rotatable bonds is 9. The second-order valence-electron chi connectivity index (χ2n) is 7.55. The average Bonchev–Trinajstić information content (AvgIpc) is 3.06. The number of nitro benzene ring substituents is 1. The third-order valence-electron chi connectivity index (χ3n) is 4.80. The van der Waals surface area contributed by atoms with Crippen molar-refractivity contribution in [3.8, 4) is 5.75 Å². The molecule has 2 aromatic rings. The summed E-state index contributed by atoms with van der Waals surface area (Å²) < 4.78 is 5.17. The number of amides is 2. The molecular formula is C22H26ClN5O5S. The first kappa shape index (κ1) is 27.1. The van der Waals surface area contributed by atoms with Crippen molar-refractivity contribution in [1.29, 1.82) is 0 Å². The Morgan fingerprint density at radius 1 is 1.26 bits per heavy atom. The van der Waals surface area contributed by atoms with Gasteiger partial charge in [0.15, 0.2) is 5.17 Å². The molecule has 10 nitrogen and oxygen atoms in total. The number of carbonyl (C=O) groups is 2. The number of methoxy groups -OCH3 is 1. The van der Waals surface area contributed by atoms with Crippen LogP contribution in [0, 0.1) is 10.1 Å². The van der Waals surface area contributed by atoms with Crippen molar-refractivity contribution in [3.05, 3.63) is 58.6 Å². The molecular weight excluding hydrogens is 482 g/mol. The molecule has 1 N–H and O–H groups in total. The van der Waals surface area contributed by atoms with Gasteiger partial charge in [-0.2, -0.15) is 0 Å². The number of anilines is 1. The van der Waals surface area contributed by atoms with Gasteiger partial charge in [-0.25, -0.2) is 4.99 Å². The molecule has 1 saturated heterocycles. The smallest absolute Gasteiger partial charge is 0.271 e. The predicted octanol–water partition coefficient (Wildman–Crippen LogP) is 3.55. The molecule has 0 radical (unpaired) electrons. The van der Waals surface area contributed by atoms with Crippen molar-refractivity contribution in [2.75, 3.05) is 39.6 Å². The SMILES string of the molecule is COc1ccc(N=C2SC(CC(=O)Nc3cccc([N+](=O)[O-])c3)C(=O)N2CCN(C)C)cc1.Cl. The highest BCUT2D eigenvalue weighted by Gasteiger charge is 2.39. The van der Waals surface area contributed by atoms with E-state index in [4.69, 9.17) is 4.74 Å². The summed E-state index contributed by atoms with van der Waals surface area (Å²) in [7, 11) is 5.41. The molecule has 3 rings (SSSR count). The van der Waals surface area contributed by atoms with Gasteiger partial charge in [-0.3, -0.25) is 24.6 Å². The number of aliphatic imine (C=N–C) groups is 1. The molecule has 1 unspecified atom stereocenters. The molecule has 12 heteroatoms. The number of hydrogen-bond acceptors (Lipinski definition) is 8. The van der Waals surface area contributed by atoms with Crippen LogP contribution in [0.3, 0.4) is 0 Å². The molecule has 0 spiro atoms. The van der Waals surface area contributed by atoms with Crippen LogP contribution in [0.25, 0.3) is 0 Å². The Bertz CT molecular complexity index is 1060. The summed E-state index contributed by atoms with van der Waals surface area (Å²) in [6.07, 6.45) is -0.0771. The van der Waals surface area contributed by atoms with Crippen molar-refractivity contribution in [3.63, 3.8) is 0 Å². The Kier molecular flexibility index (Phi) is 9.84. The highest BCUT2D eigenvalue weighted by molar-refractivity contribution is 8.15. The first-order chi connectivity index (χ1) is 15.8. The van der Waals surface area contributed by atoms with Gasteiger partial charge in [0, 0.05) is 37.3 Å². The van der Waals surface area contributed by atoms with Crippen molar-refractivity contribution in [2.45, 2.75) is 11.7 Å². The number of benzene rings is 2. The number of nitro groups is 1. The monoisotopic (exact) mass is 507 g/mol. The number of likely N-dealkylation sites (N-methyl/N-ethyl adjacent to an activating group) is 1. The molecule has 0 aromatic heterocycles. The molecule has 1 fully saturated rings. The molecule has 182 valence electrons. The molecule has 2 amide bonds. The highest BCUT2D eigenvalue weighted by Crippen LogP contribution is 2.32. The first-order valence-corrected chi connectivity index (χ1v) is 11.0. The van der Waals surface area contributed by atoms with Gasteiger partial charge in [0.05, 0.1) is 17.7 Å². The molecule has 0 aliphatic carbocycles. The van der Waals surface area contributed by atoms with Crippen molar-refractivity contribution in [2.24, 2.45) is 4.99 Å². The zero-order valence-corrected chi connectivity index (χ0v) is 20.6. The van der Waals surface area contributed by atoms with Crippen LogP contribution in [0.5, 0.6) is 5.75 Å². The van der Waals surface area contributed by atoms with E-state index in [0.717, 1.165) is 0 Å². The number of nitrogens with zero attached hydrogens (tertiary/aromatic N) is 4. The van der Waals surface area contributed by atoms with E-state index in [0.29, 0.717) is 35.4 Å². The number of nitrogens with one attached hydrogen (secondary N) is 1. The lowest BCUT2D eigenvalue weighted by molar-refractivity contribution is -0.384. The molecule has 1 heterocycles. The van der Waals surface area contributed by atoms with Crippen LogP contribution in [0.15, 0.2) is 53.5 Å². The Hall–Kier alpha value is -3.15. The number of hydrogen-bond donors (Lipinski definition) is 1. The van der Waals surface area contributed by atoms with E-state index in [1.807, 2.05) is 19.0 Å². The zero-order chi connectivity index (χ0) is 24.0. The summed E-state index contributed by atoms with van der Waals surface area (Å²) >= 11 is 1.24. The minimum Gasteiger partial charge on any atom is -0.497 e. The third kappa shape index (κ3) is 7.17. The number of non-ortho nitro benzene ring substituents is 1. The maximum atomic E-state index is 13.1. The standard InChI is InChI=1S/C22H25N5O5S.ClH/c1-25(2)11-12-26-21(29)19(33-22(26)24-15-7-9-18(32-3)10-8-15)14-20(28)23-16-5-4-6-17(13-16)27(30)31;/h4-10,13,19H,11-12,14H2,1-3H3,(H,23,28);1H. The van der Waals surface area contributed by atoms with Crippen molar-refractivity contribution >= 4 is 58.2 Å². The van der Waals surface area contributed by atoms with Crippen LogP contribution in [-0.2, 0) is 9.59 Å². The van der Waals surface area contributed by atoms with Crippen molar-refractivity contribution < 1.29 is 19.2 Å². The quantitative estimate of drug-likeness (QED) is 0.407. The lowest BCUT2D eigenvalue weighted by atomic mass is 10.2. The second-order valence-corrected chi connectivity index (χ2v) is 8.72. The van der Waals surface area contributed by atoms with Crippen molar-refractivity contribution in [1.82, 2.24) is 9.80 Å². The number of amidine groups is 1. The van der Waals surface area contributed by atoms with Gasteiger partial charge < -0.3 is 15.0 Å². The van der Waals surface area contributed by atoms with Gasteiger partial charge in [-0.1, -0.05) is 17.8 Å². The van der Waals surface area contributed by atoms with Crippen LogP contribution in [0.2, 0.25) is 0 Å². The Balaban J connectivity index is 0.00000408. The van der Waals surface area contributed by atoms with Gasteiger partial charge >= 0.3 is 0 Å². The van der Waals surface area contributed by atoms with E-state index >= 15 is 0 Å². The van der Waals surface area contributed by atoms with Crippen LogP contribution < -0.4 is 10.1 Å². The fourth-order valence-corrected chi connectivity index (χ4v) is 4.26. The third-order valence-corrected chi connectivity index (χ3v) is 5.97. The first-order valence-electron chi connectivity index (χ1n) is 10.2. The van der Waals surface area contributed by atoms with Crippen LogP contribution >= 0.6 is 24.2 Å². The minimum atomic E-state index is -0.636. The van der Waals surface area contributed by atoms with Gasteiger partial charge in [0.1, 0.15) is 11.0 Å². The van der Waals surface area contributed by atoms with E-state index in [1.54, 1.807) is 42.3 Å². The van der Waals surface area contributed by atoms with E-state index in [9.17, 15) is 19.7 Å². The molecule has 0 saturated carbocycles. The second kappa shape index (κ2) is 12.4. The average molecular weight is 508 g/mol.